The van der Waals surface area contributed by atoms with E-state index in [-0.39, 0.29) is 0 Å². The lowest BCUT2D eigenvalue weighted by atomic mass is 10.1. The fraction of sp³-hybridized carbons (Fsp3) is 0.350. The van der Waals surface area contributed by atoms with E-state index in [4.69, 9.17) is 4.74 Å². The Bertz CT molecular complexity index is 1270. The molecule has 3 heterocycles. The number of nitrogens with zero attached hydrogens (tertiary/aromatic N) is 6. The van der Waals surface area contributed by atoms with Gasteiger partial charge >= 0.3 is 6.09 Å². The highest BCUT2D eigenvalue weighted by Crippen LogP contribution is 2.36. The third-order valence-corrected chi connectivity index (χ3v) is 6.39. The number of aromatic nitrogens is 5. The zero-order valence-electron chi connectivity index (χ0n) is 18.1. The summed E-state index contributed by atoms with van der Waals surface area (Å²) in [7, 11) is 1.65. The molecule has 0 aliphatic carbocycles. The number of ether oxygens (including phenoxy) is 1. The van der Waals surface area contributed by atoms with Crippen LogP contribution in [0.4, 0.5) is 15.7 Å². The number of carboxylic acid groups (broad SMARTS) is 1. The number of methoxy groups -OCH3 is 1. The highest BCUT2D eigenvalue weighted by Gasteiger charge is 2.30. The molecule has 0 spiro atoms. The predicted molar refractivity (Wildman–Crippen MR) is 125 cm³/mol. The molecule has 3 aromatic heterocycles. The SMILES string of the molecule is COCCNc1ccc2nnc(Sc3ccc4nc(N(C(=O)O)C(C)(C)C)sc4c3)n2n1. The zero-order chi connectivity index (χ0) is 22.9. The van der Waals surface area contributed by atoms with Crippen LogP contribution in [0.25, 0.3) is 15.9 Å². The molecule has 4 aromatic rings. The number of carbonyl (C=O) groups is 1. The van der Waals surface area contributed by atoms with Gasteiger partial charge in [0.2, 0.25) is 5.16 Å². The summed E-state index contributed by atoms with van der Waals surface area (Å²) in [6.45, 7) is 6.75. The van der Waals surface area contributed by atoms with E-state index in [1.807, 2.05) is 51.1 Å². The smallest absolute Gasteiger partial charge is 0.414 e. The monoisotopic (exact) mass is 473 g/mol. The number of nitrogens with one attached hydrogen (secondary N) is 1. The molecule has 0 radical (unpaired) electrons. The van der Waals surface area contributed by atoms with Crippen LogP contribution in [0.5, 0.6) is 0 Å². The Balaban J connectivity index is 1.61. The van der Waals surface area contributed by atoms with Crippen molar-refractivity contribution >= 4 is 56.0 Å². The molecule has 0 bridgehead atoms. The van der Waals surface area contributed by atoms with Crippen LogP contribution in [0.3, 0.4) is 0 Å². The molecular weight excluding hydrogens is 450 g/mol. The van der Waals surface area contributed by atoms with Crippen molar-refractivity contribution in [1.29, 1.82) is 0 Å². The summed E-state index contributed by atoms with van der Waals surface area (Å²) >= 11 is 2.77. The second-order valence-corrected chi connectivity index (χ2v) is 9.96. The molecule has 0 unspecified atom stereocenters. The predicted octanol–water partition coefficient (Wildman–Crippen LogP) is 4.23. The fourth-order valence-corrected chi connectivity index (χ4v) is 5.11. The molecule has 12 heteroatoms. The molecule has 0 atom stereocenters. The van der Waals surface area contributed by atoms with Gasteiger partial charge < -0.3 is 15.2 Å². The van der Waals surface area contributed by atoms with Crippen LogP contribution >= 0.6 is 23.1 Å². The van der Waals surface area contributed by atoms with Gasteiger partial charge in [0.25, 0.3) is 0 Å². The van der Waals surface area contributed by atoms with E-state index in [0.717, 1.165) is 15.1 Å². The number of amides is 1. The molecular formula is C20H23N7O3S2. The number of anilines is 2. The first kappa shape index (κ1) is 22.2. The third-order valence-electron chi connectivity index (χ3n) is 4.46. The Morgan fingerprint density at radius 2 is 2.09 bits per heavy atom. The molecule has 0 aliphatic heterocycles. The van der Waals surface area contributed by atoms with Crippen molar-refractivity contribution in [2.24, 2.45) is 0 Å². The van der Waals surface area contributed by atoms with Crippen molar-refractivity contribution < 1.29 is 14.6 Å². The van der Waals surface area contributed by atoms with Gasteiger partial charge in [-0.15, -0.1) is 15.3 Å². The average molecular weight is 474 g/mol. The topological polar surface area (TPSA) is 118 Å². The molecule has 32 heavy (non-hydrogen) atoms. The van der Waals surface area contributed by atoms with Crippen molar-refractivity contribution in [2.75, 3.05) is 30.5 Å². The molecule has 1 aromatic carbocycles. The summed E-state index contributed by atoms with van der Waals surface area (Å²) in [4.78, 5) is 18.5. The Morgan fingerprint density at radius 3 is 2.81 bits per heavy atom. The van der Waals surface area contributed by atoms with Gasteiger partial charge in [0.15, 0.2) is 10.8 Å². The summed E-state index contributed by atoms with van der Waals surface area (Å²) in [6.07, 6.45) is -1.03. The molecule has 2 N–H and O–H groups in total. The van der Waals surface area contributed by atoms with Gasteiger partial charge in [-0.1, -0.05) is 11.3 Å². The minimum atomic E-state index is -1.03. The maximum absolute atomic E-state index is 11.8. The summed E-state index contributed by atoms with van der Waals surface area (Å²) in [5.41, 5.74) is 0.796. The van der Waals surface area contributed by atoms with Crippen LogP contribution in [-0.4, -0.2) is 61.8 Å². The van der Waals surface area contributed by atoms with Crippen molar-refractivity contribution in [2.45, 2.75) is 36.4 Å². The lowest BCUT2D eigenvalue weighted by Crippen LogP contribution is -2.45. The molecule has 0 fully saturated rings. The summed E-state index contributed by atoms with van der Waals surface area (Å²) in [5, 5.41) is 26.9. The van der Waals surface area contributed by atoms with E-state index in [1.54, 1.807) is 11.6 Å². The molecule has 0 saturated carbocycles. The van der Waals surface area contributed by atoms with E-state index in [9.17, 15) is 9.90 Å². The van der Waals surface area contributed by atoms with Gasteiger partial charge in [0.1, 0.15) is 5.82 Å². The van der Waals surface area contributed by atoms with Crippen LogP contribution in [0.15, 0.2) is 40.4 Å². The fourth-order valence-electron chi connectivity index (χ4n) is 3.02. The first-order valence-corrected chi connectivity index (χ1v) is 11.5. The second kappa shape index (κ2) is 8.88. The Morgan fingerprint density at radius 1 is 1.28 bits per heavy atom. The standard InChI is InChI=1S/C20H23N7O3S2/c1-20(2,3)26(19(28)29)17-22-13-6-5-12(11-14(13)32-17)31-18-24-23-16-8-7-15(25-27(16)18)21-9-10-30-4/h5-8,11H,9-10H2,1-4H3,(H,21,25)(H,28,29). The van der Waals surface area contributed by atoms with Crippen LogP contribution in [0.2, 0.25) is 0 Å². The summed E-state index contributed by atoms with van der Waals surface area (Å²) < 4.78 is 7.64. The normalized spacial score (nSPS) is 11.9. The van der Waals surface area contributed by atoms with Crippen LogP contribution in [0, 0.1) is 0 Å². The maximum atomic E-state index is 11.8. The van der Waals surface area contributed by atoms with E-state index < -0.39 is 11.6 Å². The van der Waals surface area contributed by atoms with E-state index in [2.05, 4.69) is 25.6 Å². The molecule has 4 rings (SSSR count). The Labute approximate surface area is 192 Å². The second-order valence-electron chi connectivity index (χ2n) is 7.91. The Hall–Kier alpha value is -2.96. The molecule has 10 nitrogen and oxygen atoms in total. The molecule has 0 aliphatic rings. The lowest BCUT2D eigenvalue weighted by molar-refractivity contribution is 0.195. The molecule has 168 valence electrons. The van der Waals surface area contributed by atoms with E-state index >= 15 is 0 Å². The largest absolute Gasteiger partial charge is 0.465 e. The number of rotatable bonds is 7. The van der Waals surface area contributed by atoms with Crippen LogP contribution < -0.4 is 10.2 Å². The first-order valence-electron chi connectivity index (χ1n) is 9.83. The Kier molecular flexibility index (Phi) is 6.17. The molecule has 0 saturated heterocycles. The van der Waals surface area contributed by atoms with Gasteiger partial charge in [-0.2, -0.15) is 4.52 Å². The van der Waals surface area contributed by atoms with E-state index in [0.29, 0.717) is 34.9 Å². The number of thiazole rings is 1. The number of hydrogen-bond donors (Lipinski definition) is 2. The highest BCUT2D eigenvalue weighted by atomic mass is 32.2. The minimum Gasteiger partial charge on any atom is -0.465 e. The van der Waals surface area contributed by atoms with Crippen LogP contribution in [-0.2, 0) is 4.74 Å². The minimum absolute atomic E-state index is 0.448. The van der Waals surface area contributed by atoms with Gasteiger partial charge in [0, 0.05) is 24.1 Å². The number of benzene rings is 1. The van der Waals surface area contributed by atoms with Crippen molar-refractivity contribution in [1.82, 2.24) is 24.8 Å². The zero-order valence-corrected chi connectivity index (χ0v) is 19.7. The maximum Gasteiger partial charge on any atom is 0.414 e. The quantitative estimate of drug-likeness (QED) is 0.380. The van der Waals surface area contributed by atoms with Gasteiger partial charge in [0.05, 0.1) is 16.8 Å². The van der Waals surface area contributed by atoms with Crippen molar-refractivity contribution in [3.63, 3.8) is 0 Å². The summed E-state index contributed by atoms with van der Waals surface area (Å²) in [6, 6.07) is 9.49. The van der Waals surface area contributed by atoms with Gasteiger partial charge in [-0.3, -0.25) is 0 Å². The van der Waals surface area contributed by atoms with Crippen molar-refractivity contribution in [3.05, 3.63) is 30.3 Å². The van der Waals surface area contributed by atoms with E-state index in [1.165, 1.54) is 28.0 Å². The lowest BCUT2D eigenvalue weighted by Gasteiger charge is -2.30. The highest BCUT2D eigenvalue weighted by molar-refractivity contribution is 7.99. The van der Waals surface area contributed by atoms with Crippen LogP contribution in [0.1, 0.15) is 20.8 Å². The number of hydrogen-bond acceptors (Lipinski definition) is 9. The number of fused-ring (bicyclic) bond motifs is 2. The summed E-state index contributed by atoms with van der Waals surface area (Å²) in [5.74, 6) is 0.703. The molecule has 1 amide bonds. The first-order chi connectivity index (χ1) is 15.3. The van der Waals surface area contributed by atoms with Gasteiger partial charge in [-0.25, -0.2) is 14.7 Å². The van der Waals surface area contributed by atoms with Gasteiger partial charge in [-0.05, 0) is 62.9 Å². The average Bonchev–Trinajstić information content (AvgIpc) is 3.30. The van der Waals surface area contributed by atoms with Crippen molar-refractivity contribution in [3.8, 4) is 0 Å². The third kappa shape index (κ3) is 4.61.